The summed E-state index contributed by atoms with van der Waals surface area (Å²) in [6.07, 6.45) is -4.45. The summed E-state index contributed by atoms with van der Waals surface area (Å²) in [7, 11) is 0. The minimum atomic E-state index is -4.45. The van der Waals surface area contributed by atoms with Gasteiger partial charge in [0.25, 0.3) is 0 Å². The Morgan fingerprint density at radius 1 is 1.23 bits per heavy atom. The first-order chi connectivity index (χ1) is 5.96. The van der Waals surface area contributed by atoms with Gasteiger partial charge >= 0.3 is 6.18 Å². The van der Waals surface area contributed by atoms with Crippen molar-refractivity contribution in [1.82, 2.24) is 0 Å². The SMILES string of the molecule is NNc1cccc(C(F)(F)F)c1N. The zero-order valence-electron chi connectivity index (χ0n) is 6.52. The summed E-state index contributed by atoms with van der Waals surface area (Å²) in [4.78, 5) is 0. The lowest BCUT2D eigenvalue weighted by Crippen LogP contribution is -2.14. The molecule has 0 amide bonds. The third kappa shape index (κ3) is 1.83. The molecule has 1 aromatic rings. The molecule has 72 valence electrons. The van der Waals surface area contributed by atoms with E-state index in [0.29, 0.717) is 0 Å². The minimum absolute atomic E-state index is 0.0647. The van der Waals surface area contributed by atoms with Gasteiger partial charge in [-0.15, -0.1) is 0 Å². The van der Waals surface area contributed by atoms with E-state index in [9.17, 15) is 13.2 Å². The number of nitrogen functional groups attached to an aromatic ring is 2. The topological polar surface area (TPSA) is 64.1 Å². The predicted molar refractivity (Wildman–Crippen MR) is 43.7 cm³/mol. The summed E-state index contributed by atoms with van der Waals surface area (Å²) >= 11 is 0. The van der Waals surface area contributed by atoms with E-state index in [-0.39, 0.29) is 5.69 Å². The summed E-state index contributed by atoms with van der Waals surface area (Å²) in [6, 6.07) is 3.50. The highest BCUT2D eigenvalue weighted by Crippen LogP contribution is 2.36. The predicted octanol–water partition coefficient (Wildman–Crippen LogP) is 1.57. The van der Waals surface area contributed by atoms with Crippen LogP contribution in [0.3, 0.4) is 0 Å². The molecule has 1 aromatic carbocycles. The lowest BCUT2D eigenvalue weighted by molar-refractivity contribution is -0.136. The van der Waals surface area contributed by atoms with Crippen molar-refractivity contribution >= 4 is 11.4 Å². The van der Waals surface area contributed by atoms with Crippen LogP contribution in [0.2, 0.25) is 0 Å². The Hall–Kier alpha value is -1.43. The number of hydrogen-bond acceptors (Lipinski definition) is 3. The molecule has 0 aliphatic rings. The van der Waals surface area contributed by atoms with Crippen LogP contribution in [-0.2, 0) is 6.18 Å². The van der Waals surface area contributed by atoms with Gasteiger partial charge < -0.3 is 11.2 Å². The molecule has 0 fully saturated rings. The Labute approximate surface area is 72.5 Å². The van der Waals surface area contributed by atoms with Crippen molar-refractivity contribution in [3.63, 3.8) is 0 Å². The minimum Gasteiger partial charge on any atom is -0.397 e. The van der Waals surface area contributed by atoms with Crippen molar-refractivity contribution in [3.8, 4) is 0 Å². The van der Waals surface area contributed by atoms with Crippen LogP contribution in [0.4, 0.5) is 24.5 Å². The Kier molecular flexibility index (Phi) is 2.33. The zero-order chi connectivity index (χ0) is 10.1. The standard InChI is InChI=1S/C7H8F3N3/c8-7(9,10)4-2-1-3-5(13-12)6(4)11/h1-3,13H,11-12H2. The second-order valence-electron chi connectivity index (χ2n) is 2.41. The van der Waals surface area contributed by atoms with Gasteiger partial charge in [0.05, 0.1) is 16.9 Å². The largest absolute Gasteiger partial charge is 0.418 e. The van der Waals surface area contributed by atoms with Gasteiger partial charge in [0.1, 0.15) is 0 Å². The number of benzene rings is 1. The molecule has 3 nitrogen and oxygen atoms in total. The lowest BCUT2D eigenvalue weighted by atomic mass is 10.1. The molecule has 0 aliphatic carbocycles. The van der Waals surface area contributed by atoms with Gasteiger partial charge in [-0.05, 0) is 12.1 Å². The number of nitrogens with one attached hydrogen (secondary N) is 1. The van der Waals surface area contributed by atoms with Crippen LogP contribution in [0.15, 0.2) is 18.2 Å². The molecule has 0 spiro atoms. The van der Waals surface area contributed by atoms with Crippen LogP contribution in [0.5, 0.6) is 0 Å². The van der Waals surface area contributed by atoms with Crippen LogP contribution in [0.1, 0.15) is 5.56 Å². The van der Waals surface area contributed by atoms with Crippen LogP contribution in [0, 0.1) is 0 Å². The zero-order valence-corrected chi connectivity index (χ0v) is 6.52. The third-order valence-electron chi connectivity index (χ3n) is 1.57. The number of para-hydroxylation sites is 1. The van der Waals surface area contributed by atoms with Gasteiger partial charge in [0, 0.05) is 0 Å². The monoisotopic (exact) mass is 191 g/mol. The van der Waals surface area contributed by atoms with Gasteiger partial charge in [-0.1, -0.05) is 6.07 Å². The maximum atomic E-state index is 12.2. The second kappa shape index (κ2) is 3.14. The molecule has 0 bridgehead atoms. The normalized spacial score (nSPS) is 11.4. The summed E-state index contributed by atoms with van der Waals surface area (Å²) < 4.78 is 36.6. The summed E-state index contributed by atoms with van der Waals surface area (Å²) in [6.45, 7) is 0. The maximum absolute atomic E-state index is 12.2. The Bertz CT molecular complexity index is 308. The number of alkyl halides is 3. The summed E-state index contributed by atoms with van der Waals surface area (Å²) in [5.74, 6) is 4.97. The molecule has 1 rings (SSSR count). The van der Waals surface area contributed by atoms with Crippen molar-refractivity contribution < 1.29 is 13.2 Å². The van der Waals surface area contributed by atoms with Gasteiger partial charge in [-0.3, -0.25) is 5.84 Å². The van der Waals surface area contributed by atoms with Crippen LogP contribution >= 0.6 is 0 Å². The smallest absolute Gasteiger partial charge is 0.397 e. The average molecular weight is 191 g/mol. The molecule has 0 saturated carbocycles. The molecule has 0 atom stereocenters. The highest BCUT2D eigenvalue weighted by atomic mass is 19.4. The van der Waals surface area contributed by atoms with Gasteiger partial charge in [0.15, 0.2) is 0 Å². The van der Waals surface area contributed by atoms with Crippen LogP contribution in [-0.4, -0.2) is 0 Å². The van der Waals surface area contributed by atoms with E-state index in [1.54, 1.807) is 0 Å². The van der Waals surface area contributed by atoms with E-state index in [0.717, 1.165) is 6.07 Å². The Morgan fingerprint density at radius 3 is 2.31 bits per heavy atom. The molecule has 0 radical (unpaired) electrons. The van der Waals surface area contributed by atoms with Crippen LogP contribution < -0.4 is 17.0 Å². The number of halogens is 3. The van der Waals surface area contributed by atoms with E-state index in [2.05, 4.69) is 5.43 Å². The summed E-state index contributed by atoms with van der Waals surface area (Å²) in [5, 5.41) is 0. The molecule has 5 N–H and O–H groups in total. The van der Waals surface area contributed by atoms with Crippen molar-refractivity contribution in [2.75, 3.05) is 11.2 Å². The van der Waals surface area contributed by atoms with E-state index in [1.165, 1.54) is 12.1 Å². The fourth-order valence-corrected chi connectivity index (χ4v) is 0.938. The fraction of sp³-hybridized carbons (Fsp3) is 0.143. The van der Waals surface area contributed by atoms with Gasteiger partial charge in [-0.25, -0.2) is 0 Å². The van der Waals surface area contributed by atoms with Crippen molar-refractivity contribution in [2.24, 2.45) is 5.84 Å². The first kappa shape index (κ1) is 9.66. The quantitative estimate of drug-likeness (QED) is 0.358. The molecule has 0 aromatic heterocycles. The van der Waals surface area contributed by atoms with E-state index < -0.39 is 17.4 Å². The highest BCUT2D eigenvalue weighted by molar-refractivity contribution is 5.69. The average Bonchev–Trinajstić information content (AvgIpc) is 2.02. The molecular formula is C7H8F3N3. The summed E-state index contributed by atoms with van der Waals surface area (Å²) in [5.41, 5.74) is 6.09. The van der Waals surface area contributed by atoms with Gasteiger partial charge in [-0.2, -0.15) is 13.2 Å². The maximum Gasteiger partial charge on any atom is 0.418 e. The van der Waals surface area contributed by atoms with E-state index in [4.69, 9.17) is 11.6 Å². The number of hydrogen-bond donors (Lipinski definition) is 3. The van der Waals surface area contributed by atoms with E-state index >= 15 is 0 Å². The molecule has 6 heteroatoms. The van der Waals surface area contributed by atoms with Crippen molar-refractivity contribution in [2.45, 2.75) is 6.18 Å². The molecule has 0 heterocycles. The number of anilines is 2. The second-order valence-corrected chi connectivity index (χ2v) is 2.41. The molecule has 13 heavy (non-hydrogen) atoms. The number of hydrazine groups is 1. The fourth-order valence-electron chi connectivity index (χ4n) is 0.938. The third-order valence-corrected chi connectivity index (χ3v) is 1.57. The van der Waals surface area contributed by atoms with Crippen molar-refractivity contribution in [3.05, 3.63) is 23.8 Å². The molecule has 0 unspecified atom stereocenters. The molecular weight excluding hydrogens is 183 g/mol. The lowest BCUT2D eigenvalue weighted by Gasteiger charge is -2.12. The van der Waals surface area contributed by atoms with E-state index in [1.807, 2.05) is 0 Å². The molecule has 0 aliphatic heterocycles. The Morgan fingerprint density at radius 2 is 1.85 bits per heavy atom. The Balaban J connectivity index is 3.24. The first-order valence-electron chi connectivity index (χ1n) is 3.39. The highest BCUT2D eigenvalue weighted by Gasteiger charge is 2.33. The molecule has 0 saturated heterocycles. The first-order valence-corrected chi connectivity index (χ1v) is 3.39. The van der Waals surface area contributed by atoms with Gasteiger partial charge in [0.2, 0.25) is 0 Å². The van der Waals surface area contributed by atoms with Crippen molar-refractivity contribution in [1.29, 1.82) is 0 Å². The number of nitrogens with two attached hydrogens (primary N) is 2. The number of rotatable bonds is 1. The van der Waals surface area contributed by atoms with Crippen LogP contribution in [0.25, 0.3) is 0 Å².